The van der Waals surface area contributed by atoms with Crippen molar-refractivity contribution in [3.63, 3.8) is 0 Å². The van der Waals surface area contributed by atoms with Crippen molar-refractivity contribution in [3.05, 3.63) is 35.4 Å². The average Bonchev–Trinajstić information content (AvgIpc) is 2.58. The van der Waals surface area contributed by atoms with E-state index in [1.165, 1.54) is 11.1 Å². The lowest BCUT2D eigenvalue weighted by atomic mass is 10.0. The van der Waals surface area contributed by atoms with E-state index in [-0.39, 0.29) is 29.9 Å². The molecule has 0 saturated heterocycles. The summed E-state index contributed by atoms with van der Waals surface area (Å²) in [6.45, 7) is 8.06. The molecule has 0 fully saturated rings. The van der Waals surface area contributed by atoms with Crippen LogP contribution in [0.1, 0.15) is 37.8 Å². The van der Waals surface area contributed by atoms with Crippen LogP contribution in [-0.2, 0) is 17.8 Å². The predicted molar refractivity (Wildman–Crippen MR) is 110 cm³/mol. The fourth-order valence-corrected chi connectivity index (χ4v) is 2.72. The van der Waals surface area contributed by atoms with Gasteiger partial charge in [-0.2, -0.15) is 0 Å². The first kappa shape index (κ1) is 20.7. The number of benzene rings is 1. The van der Waals surface area contributed by atoms with Crippen LogP contribution in [0, 0.1) is 0 Å². The Morgan fingerprint density at radius 1 is 1.21 bits per heavy atom. The smallest absolute Gasteiger partial charge is 0.221 e. The molecule has 1 aliphatic rings. The van der Waals surface area contributed by atoms with Crippen LogP contribution in [-0.4, -0.2) is 42.9 Å². The zero-order chi connectivity index (χ0) is 16.5. The lowest BCUT2D eigenvalue weighted by Gasteiger charge is -2.31. The molecule has 0 radical (unpaired) electrons. The van der Waals surface area contributed by atoms with Gasteiger partial charge in [0.1, 0.15) is 0 Å². The summed E-state index contributed by atoms with van der Waals surface area (Å²) < 4.78 is 0. The van der Waals surface area contributed by atoms with Crippen molar-refractivity contribution in [1.29, 1.82) is 0 Å². The lowest BCUT2D eigenvalue weighted by Crippen LogP contribution is -2.44. The second kappa shape index (κ2) is 11.3. The normalized spacial score (nSPS) is 13.8. The molecule has 5 nitrogen and oxygen atoms in total. The van der Waals surface area contributed by atoms with Crippen molar-refractivity contribution < 1.29 is 4.79 Å². The Morgan fingerprint density at radius 3 is 2.67 bits per heavy atom. The van der Waals surface area contributed by atoms with Gasteiger partial charge in [0.15, 0.2) is 5.96 Å². The van der Waals surface area contributed by atoms with Gasteiger partial charge in [0.05, 0.1) is 6.54 Å². The Kier molecular flexibility index (Phi) is 9.75. The summed E-state index contributed by atoms with van der Waals surface area (Å²) >= 11 is 0. The Hall–Kier alpha value is -1.31. The lowest BCUT2D eigenvalue weighted by molar-refractivity contribution is -0.120. The van der Waals surface area contributed by atoms with E-state index in [1.54, 1.807) is 0 Å². The molecule has 2 N–H and O–H groups in total. The van der Waals surface area contributed by atoms with Crippen LogP contribution in [0.2, 0.25) is 0 Å². The first-order chi connectivity index (χ1) is 11.2. The second-order valence-corrected chi connectivity index (χ2v) is 5.78. The highest BCUT2D eigenvalue weighted by atomic mass is 127. The van der Waals surface area contributed by atoms with E-state index < -0.39 is 0 Å². The Bertz CT molecular complexity index is 548. The summed E-state index contributed by atoms with van der Waals surface area (Å²) in [4.78, 5) is 18.6. The number of carbonyl (C=O) groups is 1. The first-order valence-electron chi connectivity index (χ1n) is 8.61. The SMILES string of the molecule is CCCNC(=O)CCN=C(NCC)N1CCc2ccccc2C1.I. The summed E-state index contributed by atoms with van der Waals surface area (Å²) in [7, 11) is 0. The number of hydrogen-bond donors (Lipinski definition) is 2. The summed E-state index contributed by atoms with van der Waals surface area (Å²) in [6.07, 6.45) is 2.45. The molecular weight excluding hydrogens is 415 g/mol. The van der Waals surface area contributed by atoms with Crippen LogP contribution in [0.15, 0.2) is 29.3 Å². The Labute approximate surface area is 162 Å². The molecule has 24 heavy (non-hydrogen) atoms. The summed E-state index contributed by atoms with van der Waals surface area (Å²) in [5.74, 6) is 0.987. The number of hydrogen-bond acceptors (Lipinski definition) is 2. The van der Waals surface area contributed by atoms with Gasteiger partial charge in [-0.25, -0.2) is 0 Å². The molecule has 6 heteroatoms. The molecule has 1 aromatic rings. The van der Waals surface area contributed by atoms with Gasteiger partial charge in [0.25, 0.3) is 0 Å². The van der Waals surface area contributed by atoms with E-state index in [2.05, 4.69) is 58.6 Å². The number of guanidine groups is 1. The van der Waals surface area contributed by atoms with Gasteiger partial charge >= 0.3 is 0 Å². The molecule has 1 heterocycles. The van der Waals surface area contributed by atoms with E-state index in [0.717, 1.165) is 45.0 Å². The molecule has 0 aromatic heterocycles. The number of fused-ring (bicyclic) bond motifs is 1. The quantitative estimate of drug-likeness (QED) is 0.403. The highest BCUT2D eigenvalue weighted by molar-refractivity contribution is 14.0. The minimum Gasteiger partial charge on any atom is -0.357 e. The molecule has 0 bridgehead atoms. The van der Waals surface area contributed by atoms with Crippen molar-refractivity contribution in [2.75, 3.05) is 26.2 Å². The molecule has 0 aliphatic carbocycles. The number of amides is 1. The molecule has 134 valence electrons. The summed E-state index contributed by atoms with van der Waals surface area (Å²) in [6, 6.07) is 8.57. The van der Waals surface area contributed by atoms with Crippen molar-refractivity contribution in [2.24, 2.45) is 4.99 Å². The topological polar surface area (TPSA) is 56.7 Å². The second-order valence-electron chi connectivity index (χ2n) is 5.78. The monoisotopic (exact) mass is 444 g/mol. The van der Waals surface area contributed by atoms with E-state index in [9.17, 15) is 4.79 Å². The number of rotatable bonds is 6. The minimum atomic E-state index is 0. The molecule has 1 aliphatic heterocycles. The third kappa shape index (κ3) is 6.30. The molecule has 0 saturated carbocycles. The van der Waals surface area contributed by atoms with Crippen molar-refractivity contribution in [1.82, 2.24) is 15.5 Å². The molecule has 1 amide bonds. The average molecular weight is 444 g/mol. The summed E-state index contributed by atoms with van der Waals surface area (Å²) in [5, 5.41) is 6.23. The van der Waals surface area contributed by atoms with E-state index in [4.69, 9.17) is 0 Å². The third-order valence-electron chi connectivity index (χ3n) is 3.94. The largest absolute Gasteiger partial charge is 0.357 e. The van der Waals surface area contributed by atoms with Crippen LogP contribution in [0.4, 0.5) is 0 Å². The number of nitrogens with zero attached hydrogens (tertiary/aromatic N) is 2. The standard InChI is InChI=1S/C18H28N4O.HI/c1-3-11-20-17(23)9-12-21-18(19-4-2)22-13-10-15-7-5-6-8-16(15)14-22;/h5-8H,3-4,9-14H2,1-2H3,(H,19,21)(H,20,23);1H. The van der Waals surface area contributed by atoms with Gasteiger partial charge in [0.2, 0.25) is 5.91 Å². The maximum atomic E-state index is 11.7. The number of carbonyl (C=O) groups excluding carboxylic acids is 1. The van der Waals surface area contributed by atoms with Crippen LogP contribution in [0.25, 0.3) is 0 Å². The number of nitrogens with one attached hydrogen (secondary N) is 2. The van der Waals surface area contributed by atoms with Crippen LogP contribution >= 0.6 is 24.0 Å². The van der Waals surface area contributed by atoms with Crippen LogP contribution in [0.5, 0.6) is 0 Å². The Balaban J connectivity index is 0.00000288. The maximum Gasteiger partial charge on any atom is 0.221 e. The van der Waals surface area contributed by atoms with Gasteiger partial charge in [0, 0.05) is 32.6 Å². The zero-order valence-corrected chi connectivity index (χ0v) is 17.0. The van der Waals surface area contributed by atoms with Crippen molar-refractivity contribution in [2.45, 2.75) is 39.7 Å². The first-order valence-corrected chi connectivity index (χ1v) is 8.61. The van der Waals surface area contributed by atoms with Gasteiger partial charge in [-0.05, 0) is 30.9 Å². The third-order valence-corrected chi connectivity index (χ3v) is 3.94. The fourth-order valence-electron chi connectivity index (χ4n) is 2.72. The van der Waals surface area contributed by atoms with Crippen LogP contribution < -0.4 is 10.6 Å². The fraction of sp³-hybridized carbons (Fsp3) is 0.556. The number of aliphatic imine (C=N–C) groups is 1. The van der Waals surface area contributed by atoms with E-state index >= 15 is 0 Å². The van der Waals surface area contributed by atoms with Gasteiger partial charge in [-0.3, -0.25) is 9.79 Å². The predicted octanol–water partition coefficient (Wildman–Crippen LogP) is 2.54. The van der Waals surface area contributed by atoms with Gasteiger partial charge < -0.3 is 15.5 Å². The van der Waals surface area contributed by atoms with Crippen LogP contribution in [0.3, 0.4) is 0 Å². The van der Waals surface area contributed by atoms with Gasteiger partial charge in [-0.15, -0.1) is 24.0 Å². The zero-order valence-electron chi connectivity index (χ0n) is 14.7. The highest BCUT2D eigenvalue weighted by Gasteiger charge is 2.18. The molecule has 0 spiro atoms. The van der Waals surface area contributed by atoms with Crippen molar-refractivity contribution in [3.8, 4) is 0 Å². The molecule has 1 aromatic carbocycles. The van der Waals surface area contributed by atoms with E-state index in [0.29, 0.717) is 13.0 Å². The molecule has 2 rings (SSSR count). The minimum absolute atomic E-state index is 0. The molecular formula is C18H29IN4O. The highest BCUT2D eigenvalue weighted by Crippen LogP contribution is 2.18. The van der Waals surface area contributed by atoms with E-state index in [1.807, 2.05) is 0 Å². The molecule has 0 unspecified atom stereocenters. The number of halogens is 1. The Morgan fingerprint density at radius 2 is 1.96 bits per heavy atom. The maximum absolute atomic E-state index is 11.7. The molecule has 0 atom stereocenters. The summed E-state index contributed by atoms with van der Waals surface area (Å²) in [5.41, 5.74) is 2.79. The van der Waals surface area contributed by atoms with Crippen molar-refractivity contribution >= 4 is 35.8 Å². The van der Waals surface area contributed by atoms with Gasteiger partial charge in [-0.1, -0.05) is 31.2 Å².